The van der Waals surface area contributed by atoms with E-state index in [0.29, 0.717) is 13.1 Å². The summed E-state index contributed by atoms with van der Waals surface area (Å²) in [7, 11) is 2.01. The molecule has 19 heavy (non-hydrogen) atoms. The minimum atomic E-state index is -0.689. The van der Waals surface area contributed by atoms with E-state index in [0.717, 1.165) is 25.2 Å². The van der Waals surface area contributed by atoms with Gasteiger partial charge in [0.2, 0.25) is 5.91 Å². The van der Waals surface area contributed by atoms with Crippen LogP contribution in [0.3, 0.4) is 0 Å². The number of piperazine rings is 1. The molecule has 0 saturated carbocycles. The Hall–Kier alpha value is -1.69. The molecule has 0 aliphatic carbocycles. The second-order valence-electron chi connectivity index (χ2n) is 4.66. The van der Waals surface area contributed by atoms with Gasteiger partial charge in [0.1, 0.15) is 11.6 Å². The normalized spacial score (nSPS) is 16.5. The van der Waals surface area contributed by atoms with Gasteiger partial charge in [-0.25, -0.2) is 8.78 Å². The van der Waals surface area contributed by atoms with Crippen molar-refractivity contribution < 1.29 is 13.6 Å². The summed E-state index contributed by atoms with van der Waals surface area (Å²) >= 11 is 0. The summed E-state index contributed by atoms with van der Waals surface area (Å²) in [5, 5.41) is 2.70. The maximum atomic E-state index is 13.4. The zero-order chi connectivity index (χ0) is 13.8. The van der Waals surface area contributed by atoms with Gasteiger partial charge >= 0.3 is 0 Å². The van der Waals surface area contributed by atoms with Crippen molar-refractivity contribution in [3.05, 3.63) is 29.8 Å². The summed E-state index contributed by atoms with van der Waals surface area (Å²) in [6.45, 7) is 3.07. The lowest BCUT2D eigenvalue weighted by Crippen LogP contribution is -2.48. The largest absolute Gasteiger partial charge is 0.374 e. The van der Waals surface area contributed by atoms with Gasteiger partial charge in [0.05, 0.1) is 12.2 Å². The highest BCUT2D eigenvalue weighted by atomic mass is 19.1. The number of benzene rings is 1. The molecule has 0 unspecified atom stereocenters. The molecule has 1 saturated heterocycles. The fraction of sp³-hybridized carbons (Fsp3) is 0.462. The van der Waals surface area contributed by atoms with Gasteiger partial charge in [-0.1, -0.05) is 0 Å². The van der Waals surface area contributed by atoms with Crippen molar-refractivity contribution in [2.24, 2.45) is 0 Å². The first-order chi connectivity index (χ1) is 9.06. The summed E-state index contributed by atoms with van der Waals surface area (Å²) in [6.07, 6.45) is 0. The van der Waals surface area contributed by atoms with E-state index >= 15 is 0 Å². The third-order valence-corrected chi connectivity index (χ3v) is 3.22. The topological polar surface area (TPSA) is 35.6 Å². The summed E-state index contributed by atoms with van der Waals surface area (Å²) in [4.78, 5) is 15.8. The molecular formula is C13H17F2N3O. The Kier molecular flexibility index (Phi) is 4.31. The molecule has 4 nitrogen and oxygen atoms in total. The Morgan fingerprint density at radius 1 is 1.26 bits per heavy atom. The smallest absolute Gasteiger partial charge is 0.241 e. The molecule has 1 aromatic carbocycles. The monoisotopic (exact) mass is 269 g/mol. The molecule has 104 valence electrons. The Morgan fingerprint density at radius 2 is 1.95 bits per heavy atom. The van der Waals surface area contributed by atoms with Gasteiger partial charge < -0.3 is 15.1 Å². The van der Waals surface area contributed by atoms with Crippen LogP contribution in [0.2, 0.25) is 0 Å². The zero-order valence-electron chi connectivity index (χ0n) is 10.8. The van der Waals surface area contributed by atoms with Crippen molar-refractivity contribution in [1.29, 1.82) is 0 Å². The summed E-state index contributed by atoms with van der Waals surface area (Å²) in [5.41, 5.74) is 0.142. The molecule has 1 heterocycles. The van der Waals surface area contributed by atoms with E-state index in [1.165, 1.54) is 6.07 Å². The number of carbonyl (C=O) groups is 1. The van der Waals surface area contributed by atoms with E-state index in [9.17, 15) is 13.6 Å². The average molecular weight is 269 g/mol. The van der Waals surface area contributed by atoms with Crippen molar-refractivity contribution in [2.75, 3.05) is 45.1 Å². The number of nitrogens with one attached hydrogen (secondary N) is 1. The van der Waals surface area contributed by atoms with Crippen molar-refractivity contribution >= 4 is 11.6 Å². The van der Waals surface area contributed by atoms with Crippen LogP contribution < -0.4 is 5.32 Å². The van der Waals surface area contributed by atoms with Crippen LogP contribution in [0.1, 0.15) is 0 Å². The quantitative estimate of drug-likeness (QED) is 0.894. The Labute approximate surface area is 111 Å². The highest BCUT2D eigenvalue weighted by molar-refractivity contribution is 5.81. The Balaban J connectivity index is 1.86. The number of carbonyl (C=O) groups excluding carboxylic acids is 1. The molecule has 1 N–H and O–H groups in total. The Bertz CT molecular complexity index is 459. The summed E-state index contributed by atoms with van der Waals surface area (Å²) < 4.78 is 26.1. The number of hydrogen-bond donors (Lipinski definition) is 1. The van der Waals surface area contributed by atoms with E-state index in [1.807, 2.05) is 7.05 Å². The number of anilines is 1. The van der Waals surface area contributed by atoms with E-state index in [2.05, 4.69) is 10.2 Å². The SMILES string of the molecule is CN1CCN(C(=O)CNc2ccc(F)cc2F)CC1. The van der Waals surface area contributed by atoms with Gasteiger partial charge in [0.15, 0.2) is 0 Å². The first-order valence-corrected chi connectivity index (χ1v) is 6.21. The number of rotatable bonds is 3. The molecule has 2 rings (SSSR count). The van der Waals surface area contributed by atoms with Crippen LogP contribution in [0, 0.1) is 11.6 Å². The predicted octanol–water partition coefficient (Wildman–Crippen LogP) is 1.15. The number of likely N-dealkylation sites (N-methyl/N-ethyl adjacent to an activating group) is 1. The van der Waals surface area contributed by atoms with Crippen molar-refractivity contribution in [3.63, 3.8) is 0 Å². The van der Waals surface area contributed by atoms with Crippen molar-refractivity contribution in [1.82, 2.24) is 9.80 Å². The van der Waals surface area contributed by atoms with Gasteiger partial charge in [-0.3, -0.25) is 4.79 Å². The van der Waals surface area contributed by atoms with Crippen LogP contribution in [-0.2, 0) is 4.79 Å². The fourth-order valence-electron chi connectivity index (χ4n) is 1.97. The van der Waals surface area contributed by atoms with E-state index in [1.54, 1.807) is 4.90 Å². The van der Waals surface area contributed by atoms with Gasteiger partial charge in [0.25, 0.3) is 0 Å². The lowest BCUT2D eigenvalue weighted by Gasteiger charge is -2.32. The molecule has 0 atom stereocenters. The lowest BCUT2D eigenvalue weighted by molar-refractivity contribution is -0.130. The molecule has 0 bridgehead atoms. The van der Waals surface area contributed by atoms with Gasteiger partial charge in [0, 0.05) is 32.2 Å². The maximum Gasteiger partial charge on any atom is 0.241 e. The third-order valence-electron chi connectivity index (χ3n) is 3.22. The molecule has 1 amide bonds. The predicted molar refractivity (Wildman–Crippen MR) is 68.9 cm³/mol. The lowest BCUT2D eigenvalue weighted by atomic mass is 10.3. The summed E-state index contributed by atoms with van der Waals surface area (Å²) in [6, 6.07) is 3.25. The first-order valence-electron chi connectivity index (χ1n) is 6.21. The number of hydrogen-bond acceptors (Lipinski definition) is 3. The zero-order valence-corrected chi connectivity index (χ0v) is 10.8. The molecule has 1 aliphatic heterocycles. The van der Waals surface area contributed by atoms with Gasteiger partial charge in [-0.2, -0.15) is 0 Å². The highest BCUT2D eigenvalue weighted by Crippen LogP contribution is 2.14. The number of halogens is 2. The first kappa shape index (κ1) is 13.7. The van der Waals surface area contributed by atoms with Crippen LogP contribution in [0.25, 0.3) is 0 Å². The second kappa shape index (κ2) is 5.97. The van der Waals surface area contributed by atoms with Gasteiger partial charge in [-0.15, -0.1) is 0 Å². The minimum Gasteiger partial charge on any atom is -0.374 e. The molecule has 1 aliphatic rings. The average Bonchev–Trinajstić information content (AvgIpc) is 2.38. The van der Waals surface area contributed by atoms with Crippen molar-refractivity contribution in [3.8, 4) is 0 Å². The summed E-state index contributed by atoms with van der Waals surface area (Å²) in [5.74, 6) is -1.39. The standard InChI is InChI=1S/C13H17F2N3O/c1-17-4-6-18(7-5-17)13(19)9-16-12-3-2-10(14)8-11(12)15/h2-3,8,16H,4-7,9H2,1H3. The second-order valence-corrected chi connectivity index (χ2v) is 4.66. The van der Waals surface area contributed by atoms with E-state index in [-0.39, 0.29) is 18.1 Å². The van der Waals surface area contributed by atoms with Crippen LogP contribution in [0.15, 0.2) is 18.2 Å². The minimum absolute atomic E-state index is 0.0201. The number of nitrogens with zero attached hydrogens (tertiary/aromatic N) is 2. The molecule has 0 aromatic heterocycles. The van der Waals surface area contributed by atoms with Crippen molar-refractivity contribution in [2.45, 2.75) is 0 Å². The van der Waals surface area contributed by atoms with Crippen LogP contribution >= 0.6 is 0 Å². The molecule has 1 aromatic rings. The van der Waals surface area contributed by atoms with Crippen LogP contribution in [0.5, 0.6) is 0 Å². The Morgan fingerprint density at radius 3 is 2.58 bits per heavy atom. The molecule has 0 radical (unpaired) electrons. The molecular weight excluding hydrogens is 252 g/mol. The highest BCUT2D eigenvalue weighted by Gasteiger charge is 2.18. The van der Waals surface area contributed by atoms with Gasteiger partial charge in [-0.05, 0) is 19.2 Å². The van der Waals surface area contributed by atoms with E-state index in [4.69, 9.17) is 0 Å². The maximum absolute atomic E-state index is 13.4. The number of amides is 1. The molecule has 6 heteroatoms. The fourth-order valence-corrected chi connectivity index (χ4v) is 1.97. The molecule has 0 spiro atoms. The van der Waals surface area contributed by atoms with Crippen LogP contribution in [-0.4, -0.2) is 55.5 Å². The van der Waals surface area contributed by atoms with Crippen LogP contribution in [0.4, 0.5) is 14.5 Å². The molecule has 1 fully saturated rings. The third kappa shape index (κ3) is 3.64. The van der Waals surface area contributed by atoms with E-state index < -0.39 is 11.6 Å².